The van der Waals surface area contributed by atoms with E-state index in [1.807, 2.05) is 0 Å². The number of aromatic nitrogens is 3. The first-order valence-electron chi connectivity index (χ1n) is 7.74. The topological polar surface area (TPSA) is 131 Å². The molecule has 2 aromatic heterocycles. The van der Waals surface area contributed by atoms with Crippen LogP contribution in [-0.4, -0.2) is 55.9 Å². The number of carboxylic acid groups (broad SMARTS) is 1. The summed E-state index contributed by atoms with van der Waals surface area (Å²) in [5.74, 6) is -1.19. The van der Waals surface area contributed by atoms with Crippen LogP contribution in [0.1, 0.15) is 22.7 Å². The second-order valence-corrected chi connectivity index (χ2v) is 5.72. The Balaban J connectivity index is 1.45. The van der Waals surface area contributed by atoms with Gasteiger partial charge in [0.05, 0.1) is 31.5 Å². The van der Waals surface area contributed by atoms with Crippen molar-refractivity contribution in [2.45, 2.75) is 19.5 Å². The molecule has 1 atom stereocenters. The van der Waals surface area contributed by atoms with Crippen molar-refractivity contribution < 1.29 is 23.9 Å². The molecular formula is C15H17N5O5. The molecule has 10 nitrogen and oxygen atoms in total. The molecule has 1 unspecified atom stereocenters. The maximum absolute atomic E-state index is 12.2. The largest absolute Gasteiger partial charge is 0.476 e. The first-order valence-corrected chi connectivity index (χ1v) is 7.74. The standard InChI is InChI=1S/C15H17N5O5/c21-13-6-10(7-19(13)8-11-2-1-5-25-11)14(22)16-3-4-20-9-12(15(23)24)17-18-20/h1-2,5,9-10H,3-4,6-8H2,(H,16,22)(H,23,24). The molecule has 0 bridgehead atoms. The molecule has 3 rings (SSSR count). The van der Waals surface area contributed by atoms with Crippen LogP contribution in [0.15, 0.2) is 29.0 Å². The van der Waals surface area contributed by atoms with E-state index in [9.17, 15) is 14.4 Å². The average Bonchev–Trinajstić information content (AvgIpc) is 3.30. The highest BCUT2D eigenvalue weighted by Crippen LogP contribution is 2.20. The summed E-state index contributed by atoms with van der Waals surface area (Å²) >= 11 is 0. The Morgan fingerprint density at radius 3 is 2.96 bits per heavy atom. The van der Waals surface area contributed by atoms with Crippen molar-refractivity contribution in [3.05, 3.63) is 36.0 Å². The summed E-state index contributed by atoms with van der Waals surface area (Å²) in [5, 5.41) is 18.6. The van der Waals surface area contributed by atoms with E-state index in [0.717, 1.165) is 0 Å². The number of hydrogen-bond donors (Lipinski definition) is 2. The van der Waals surface area contributed by atoms with Crippen molar-refractivity contribution in [3.63, 3.8) is 0 Å². The van der Waals surface area contributed by atoms with Gasteiger partial charge in [-0.1, -0.05) is 5.21 Å². The molecule has 0 spiro atoms. The van der Waals surface area contributed by atoms with E-state index in [4.69, 9.17) is 9.52 Å². The molecule has 1 aliphatic heterocycles. The highest BCUT2D eigenvalue weighted by molar-refractivity contribution is 5.89. The molecule has 0 radical (unpaired) electrons. The van der Waals surface area contributed by atoms with Gasteiger partial charge in [0.2, 0.25) is 11.8 Å². The van der Waals surface area contributed by atoms with E-state index in [0.29, 0.717) is 25.4 Å². The van der Waals surface area contributed by atoms with Crippen LogP contribution >= 0.6 is 0 Å². The van der Waals surface area contributed by atoms with Crippen LogP contribution < -0.4 is 5.32 Å². The number of hydrogen-bond acceptors (Lipinski definition) is 6. The number of carbonyl (C=O) groups excluding carboxylic acids is 2. The molecule has 132 valence electrons. The number of rotatable bonds is 7. The number of nitrogens with zero attached hydrogens (tertiary/aromatic N) is 4. The fourth-order valence-corrected chi connectivity index (χ4v) is 2.63. The van der Waals surface area contributed by atoms with Gasteiger partial charge in [-0.25, -0.2) is 9.48 Å². The van der Waals surface area contributed by atoms with E-state index < -0.39 is 11.9 Å². The molecule has 0 saturated carbocycles. The van der Waals surface area contributed by atoms with Gasteiger partial charge in [0, 0.05) is 19.5 Å². The van der Waals surface area contributed by atoms with Gasteiger partial charge < -0.3 is 19.7 Å². The highest BCUT2D eigenvalue weighted by Gasteiger charge is 2.34. The smallest absolute Gasteiger partial charge is 0.358 e. The van der Waals surface area contributed by atoms with E-state index in [1.54, 1.807) is 23.3 Å². The molecular weight excluding hydrogens is 330 g/mol. The fraction of sp³-hybridized carbons (Fsp3) is 0.400. The summed E-state index contributed by atoms with van der Waals surface area (Å²) in [6.07, 6.45) is 3.00. The lowest BCUT2D eigenvalue weighted by atomic mass is 10.1. The molecule has 10 heteroatoms. The number of nitrogens with one attached hydrogen (secondary N) is 1. The zero-order chi connectivity index (χ0) is 17.8. The predicted octanol–water partition coefficient (Wildman–Crippen LogP) is -0.266. The van der Waals surface area contributed by atoms with E-state index in [2.05, 4.69) is 15.6 Å². The molecule has 1 aliphatic rings. The lowest BCUT2D eigenvalue weighted by Gasteiger charge is -2.15. The molecule has 3 heterocycles. The predicted molar refractivity (Wildman–Crippen MR) is 82.2 cm³/mol. The number of carbonyl (C=O) groups is 3. The Labute approximate surface area is 142 Å². The van der Waals surface area contributed by atoms with Crippen molar-refractivity contribution in [3.8, 4) is 0 Å². The van der Waals surface area contributed by atoms with Gasteiger partial charge in [-0.05, 0) is 12.1 Å². The zero-order valence-corrected chi connectivity index (χ0v) is 13.3. The van der Waals surface area contributed by atoms with Gasteiger partial charge in [-0.2, -0.15) is 0 Å². The first kappa shape index (κ1) is 16.7. The van der Waals surface area contributed by atoms with Crippen molar-refractivity contribution in [2.75, 3.05) is 13.1 Å². The first-order chi connectivity index (χ1) is 12.0. The van der Waals surface area contributed by atoms with Crippen molar-refractivity contribution in [2.24, 2.45) is 5.92 Å². The number of aromatic carboxylic acids is 1. The third kappa shape index (κ3) is 4.03. The summed E-state index contributed by atoms with van der Waals surface area (Å²) in [6, 6.07) is 3.53. The zero-order valence-electron chi connectivity index (χ0n) is 13.3. The summed E-state index contributed by atoms with van der Waals surface area (Å²) in [7, 11) is 0. The number of amides is 2. The second-order valence-electron chi connectivity index (χ2n) is 5.72. The third-order valence-electron chi connectivity index (χ3n) is 3.91. The molecule has 1 saturated heterocycles. The van der Waals surface area contributed by atoms with Crippen LogP contribution in [0.4, 0.5) is 0 Å². The summed E-state index contributed by atoms with van der Waals surface area (Å²) in [6.45, 7) is 1.26. The molecule has 2 aromatic rings. The molecule has 2 N–H and O–H groups in total. The molecule has 25 heavy (non-hydrogen) atoms. The van der Waals surface area contributed by atoms with Crippen molar-refractivity contribution in [1.82, 2.24) is 25.2 Å². The van der Waals surface area contributed by atoms with E-state index >= 15 is 0 Å². The lowest BCUT2D eigenvalue weighted by molar-refractivity contribution is -0.129. The maximum Gasteiger partial charge on any atom is 0.358 e. The lowest BCUT2D eigenvalue weighted by Crippen LogP contribution is -2.34. The van der Waals surface area contributed by atoms with Crippen LogP contribution in [0.3, 0.4) is 0 Å². The van der Waals surface area contributed by atoms with Gasteiger partial charge >= 0.3 is 5.97 Å². The Morgan fingerprint density at radius 2 is 2.28 bits per heavy atom. The van der Waals surface area contributed by atoms with Gasteiger partial charge in [-0.3, -0.25) is 9.59 Å². The molecule has 1 fully saturated rings. The van der Waals surface area contributed by atoms with E-state index in [1.165, 1.54) is 10.9 Å². The molecule has 0 aromatic carbocycles. The third-order valence-corrected chi connectivity index (χ3v) is 3.91. The molecule has 0 aliphatic carbocycles. The van der Waals surface area contributed by atoms with Crippen LogP contribution in [0.5, 0.6) is 0 Å². The maximum atomic E-state index is 12.2. The van der Waals surface area contributed by atoms with Crippen LogP contribution in [0, 0.1) is 5.92 Å². The average molecular weight is 347 g/mol. The second kappa shape index (κ2) is 7.16. The minimum atomic E-state index is -1.16. The Morgan fingerprint density at radius 1 is 1.44 bits per heavy atom. The van der Waals surface area contributed by atoms with Crippen LogP contribution in [0.2, 0.25) is 0 Å². The van der Waals surface area contributed by atoms with Crippen molar-refractivity contribution in [1.29, 1.82) is 0 Å². The molecule has 2 amide bonds. The highest BCUT2D eigenvalue weighted by atomic mass is 16.4. The summed E-state index contributed by atoms with van der Waals surface area (Å²) < 4.78 is 6.56. The minimum Gasteiger partial charge on any atom is -0.476 e. The Hall–Kier alpha value is -3.17. The number of likely N-dealkylation sites (tertiary alicyclic amines) is 1. The number of furan rings is 1. The van der Waals surface area contributed by atoms with E-state index in [-0.39, 0.29) is 30.5 Å². The number of carboxylic acids is 1. The van der Waals surface area contributed by atoms with Gasteiger partial charge in [0.25, 0.3) is 0 Å². The Kier molecular flexibility index (Phi) is 4.78. The Bertz CT molecular complexity index is 769. The van der Waals surface area contributed by atoms with Gasteiger partial charge in [0.15, 0.2) is 5.69 Å². The fourth-order valence-electron chi connectivity index (χ4n) is 2.63. The van der Waals surface area contributed by atoms with Gasteiger partial charge in [0.1, 0.15) is 5.76 Å². The monoisotopic (exact) mass is 347 g/mol. The van der Waals surface area contributed by atoms with Crippen LogP contribution in [0.25, 0.3) is 0 Å². The summed E-state index contributed by atoms with van der Waals surface area (Å²) in [5.41, 5.74) is -0.152. The van der Waals surface area contributed by atoms with Crippen molar-refractivity contribution >= 4 is 17.8 Å². The normalized spacial score (nSPS) is 17.0. The SMILES string of the molecule is O=C(O)c1cn(CCNC(=O)C2CC(=O)N(Cc3ccco3)C2)nn1. The minimum absolute atomic E-state index is 0.0843. The summed E-state index contributed by atoms with van der Waals surface area (Å²) in [4.78, 5) is 36.5. The van der Waals surface area contributed by atoms with Gasteiger partial charge in [-0.15, -0.1) is 5.10 Å². The van der Waals surface area contributed by atoms with Crippen LogP contribution in [-0.2, 0) is 22.7 Å². The quantitative estimate of drug-likeness (QED) is 0.705.